The Balaban J connectivity index is 1.80. The van der Waals surface area contributed by atoms with Gasteiger partial charge in [0.1, 0.15) is 12.2 Å². The van der Waals surface area contributed by atoms with Gasteiger partial charge in [0.25, 0.3) is 0 Å². The third-order valence-corrected chi connectivity index (χ3v) is 3.15. The molecule has 0 radical (unpaired) electrons. The number of benzene rings is 1. The fraction of sp³-hybridized carbons (Fsp3) is 0.429. The monoisotopic (exact) mass is 244 g/mol. The highest BCUT2D eigenvalue weighted by molar-refractivity contribution is 5.26. The molecule has 2 aromatic rings. The standard InChI is InChI=1S/C14H20N4/c1-3-12-6-4-5-7-13(12)10-15-9-8-14-17-16-11-18(14)2/h4-7,11,15H,3,8-10H2,1-2H3. The van der Waals surface area contributed by atoms with E-state index in [0.717, 1.165) is 31.8 Å². The lowest BCUT2D eigenvalue weighted by molar-refractivity contribution is 0.651. The smallest absolute Gasteiger partial charge is 0.133 e. The van der Waals surface area contributed by atoms with Crippen LogP contribution in [0.25, 0.3) is 0 Å². The molecule has 1 heterocycles. The highest BCUT2D eigenvalue weighted by Gasteiger charge is 2.01. The van der Waals surface area contributed by atoms with Crippen LogP contribution in [0.2, 0.25) is 0 Å². The van der Waals surface area contributed by atoms with E-state index in [4.69, 9.17) is 0 Å². The van der Waals surface area contributed by atoms with Gasteiger partial charge in [0.2, 0.25) is 0 Å². The first-order valence-corrected chi connectivity index (χ1v) is 6.41. The highest BCUT2D eigenvalue weighted by Crippen LogP contribution is 2.08. The van der Waals surface area contributed by atoms with Gasteiger partial charge in [-0.25, -0.2) is 0 Å². The molecule has 0 fully saturated rings. The van der Waals surface area contributed by atoms with Crippen molar-refractivity contribution in [2.24, 2.45) is 7.05 Å². The van der Waals surface area contributed by atoms with Gasteiger partial charge >= 0.3 is 0 Å². The molecule has 0 aliphatic carbocycles. The fourth-order valence-electron chi connectivity index (χ4n) is 2.03. The van der Waals surface area contributed by atoms with Crippen molar-refractivity contribution < 1.29 is 0 Å². The molecule has 0 unspecified atom stereocenters. The van der Waals surface area contributed by atoms with Crippen LogP contribution in [0.15, 0.2) is 30.6 Å². The first-order valence-electron chi connectivity index (χ1n) is 6.41. The minimum Gasteiger partial charge on any atom is -0.321 e. The van der Waals surface area contributed by atoms with Gasteiger partial charge in [-0.1, -0.05) is 31.2 Å². The second-order valence-corrected chi connectivity index (χ2v) is 4.41. The van der Waals surface area contributed by atoms with Crippen molar-refractivity contribution in [3.63, 3.8) is 0 Å². The van der Waals surface area contributed by atoms with E-state index in [-0.39, 0.29) is 0 Å². The zero-order valence-corrected chi connectivity index (χ0v) is 11.1. The first kappa shape index (κ1) is 12.8. The van der Waals surface area contributed by atoms with E-state index < -0.39 is 0 Å². The Labute approximate surface area is 108 Å². The number of nitrogens with zero attached hydrogens (tertiary/aromatic N) is 3. The van der Waals surface area contributed by atoms with E-state index in [1.165, 1.54) is 11.1 Å². The number of rotatable bonds is 6. The predicted molar refractivity (Wildman–Crippen MR) is 72.2 cm³/mol. The van der Waals surface area contributed by atoms with E-state index in [0.29, 0.717) is 0 Å². The molecule has 0 atom stereocenters. The predicted octanol–water partition coefficient (Wildman–Crippen LogP) is 1.71. The van der Waals surface area contributed by atoms with Gasteiger partial charge in [-0.3, -0.25) is 0 Å². The summed E-state index contributed by atoms with van der Waals surface area (Å²) in [6.45, 7) is 4.03. The lowest BCUT2D eigenvalue weighted by Gasteiger charge is -2.08. The van der Waals surface area contributed by atoms with Gasteiger partial charge in [-0.15, -0.1) is 10.2 Å². The summed E-state index contributed by atoms with van der Waals surface area (Å²) in [4.78, 5) is 0. The third-order valence-electron chi connectivity index (χ3n) is 3.15. The third kappa shape index (κ3) is 3.17. The van der Waals surface area contributed by atoms with Crippen molar-refractivity contribution >= 4 is 0 Å². The summed E-state index contributed by atoms with van der Waals surface area (Å²) in [6, 6.07) is 8.58. The van der Waals surface area contributed by atoms with Gasteiger partial charge in [0.05, 0.1) is 0 Å². The zero-order valence-electron chi connectivity index (χ0n) is 11.1. The van der Waals surface area contributed by atoms with Crippen LogP contribution in [0, 0.1) is 0 Å². The van der Waals surface area contributed by atoms with Gasteiger partial charge in [-0.2, -0.15) is 0 Å². The molecule has 0 amide bonds. The molecular formula is C14H20N4. The van der Waals surface area contributed by atoms with Crippen molar-refractivity contribution in [1.29, 1.82) is 0 Å². The second-order valence-electron chi connectivity index (χ2n) is 4.41. The van der Waals surface area contributed by atoms with Crippen LogP contribution in [0.5, 0.6) is 0 Å². The van der Waals surface area contributed by atoms with Crippen LogP contribution in [0.1, 0.15) is 23.9 Å². The summed E-state index contributed by atoms with van der Waals surface area (Å²) >= 11 is 0. The molecular weight excluding hydrogens is 224 g/mol. The first-order chi connectivity index (χ1) is 8.81. The zero-order chi connectivity index (χ0) is 12.8. The number of aryl methyl sites for hydroxylation is 2. The van der Waals surface area contributed by atoms with Crippen molar-refractivity contribution in [2.45, 2.75) is 26.3 Å². The molecule has 0 saturated carbocycles. The number of nitrogens with one attached hydrogen (secondary N) is 1. The summed E-state index contributed by atoms with van der Waals surface area (Å²) in [5.41, 5.74) is 2.81. The molecule has 0 aliphatic rings. The molecule has 4 nitrogen and oxygen atoms in total. The molecule has 1 N–H and O–H groups in total. The van der Waals surface area contributed by atoms with E-state index >= 15 is 0 Å². The summed E-state index contributed by atoms with van der Waals surface area (Å²) in [7, 11) is 1.97. The van der Waals surface area contributed by atoms with Gasteiger partial charge in [0, 0.05) is 26.6 Å². The Kier molecular flexibility index (Phi) is 4.47. The van der Waals surface area contributed by atoms with Crippen LogP contribution < -0.4 is 5.32 Å². The van der Waals surface area contributed by atoms with Crippen LogP contribution in [-0.4, -0.2) is 21.3 Å². The largest absolute Gasteiger partial charge is 0.321 e. The maximum absolute atomic E-state index is 4.07. The van der Waals surface area contributed by atoms with Crippen molar-refractivity contribution in [3.8, 4) is 0 Å². The number of hydrogen-bond acceptors (Lipinski definition) is 3. The van der Waals surface area contributed by atoms with Crippen molar-refractivity contribution in [2.75, 3.05) is 6.54 Å². The summed E-state index contributed by atoms with van der Waals surface area (Å²) in [6.07, 6.45) is 3.73. The second kappa shape index (κ2) is 6.31. The summed E-state index contributed by atoms with van der Waals surface area (Å²) in [5, 5.41) is 11.4. The molecule has 0 spiro atoms. The Morgan fingerprint density at radius 1 is 1.22 bits per heavy atom. The molecule has 2 rings (SSSR count). The summed E-state index contributed by atoms with van der Waals surface area (Å²) in [5.74, 6) is 1.02. The minimum atomic E-state index is 0.908. The fourth-order valence-corrected chi connectivity index (χ4v) is 2.03. The average Bonchev–Trinajstić information content (AvgIpc) is 2.81. The summed E-state index contributed by atoms with van der Waals surface area (Å²) < 4.78 is 1.96. The van der Waals surface area contributed by atoms with Crippen LogP contribution in [0.4, 0.5) is 0 Å². The number of aromatic nitrogens is 3. The molecule has 1 aromatic carbocycles. The quantitative estimate of drug-likeness (QED) is 0.787. The van der Waals surface area contributed by atoms with E-state index in [2.05, 4.69) is 46.7 Å². The Hall–Kier alpha value is -1.68. The molecule has 96 valence electrons. The average molecular weight is 244 g/mol. The Morgan fingerprint density at radius 3 is 2.67 bits per heavy atom. The lowest BCUT2D eigenvalue weighted by atomic mass is 10.1. The lowest BCUT2D eigenvalue weighted by Crippen LogP contribution is -2.18. The van der Waals surface area contributed by atoms with E-state index in [1.807, 2.05) is 11.6 Å². The number of hydrogen-bond donors (Lipinski definition) is 1. The minimum absolute atomic E-state index is 0.908. The van der Waals surface area contributed by atoms with E-state index in [1.54, 1.807) is 6.33 Å². The normalized spacial score (nSPS) is 10.8. The van der Waals surface area contributed by atoms with Crippen molar-refractivity contribution in [1.82, 2.24) is 20.1 Å². The molecule has 4 heteroatoms. The SMILES string of the molecule is CCc1ccccc1CNCCc1nncn1C. The van der Waals surface area contributed by atoms with Crippen LogP contribution in [0.3, 0.4) is 0 Å². The molecule has 18 heavy (non-hydrogen) atoms. The van der Waals surface area contributed by atoms with Gasteiger partial charge < -0.3 is 9.88 Å². The Bertz CT molecular complexity index is 490. The maximum Gasteiger partial charge on any atom is 0.133 e. The highest BCUT2D eigenvalue weighted by atomic mass is 15.2. The van der Waals surface area contributed by atoms with Crippen LogP contribution >= 0.6 is 0 Å². The molecule has 0 aliphatic heterocycles. The maximum atomic E-state index is 4.07. The Morgan fingerprint density at radius 2 is 2.00 bits per heavy atom. The van der Waals surface area contributed by atoms with Crippen molar-refractivity contribution in [3.05, 3.63) is 47.5 Å². The van der Waals surface area contributed by atoms with Crippen LogP contribution in [-0.2, 0) is 26.4 Å². The molecule has 1 aromatic heterocycles. The molecule has 0 bridgehead atoms. The molecule has 0 saturated heterocycles. The van der Waals surface area contributed by atoms with E-state index in [9.17, 15) is 0 Å². The topological polar surface area (TPSA) is 42.7 Å². The van der Waals surface area contributed by atoms with Gasteiger partial charge in [0.15, 0.2) is 0 Å². The van der Waals surface area contributed by atoms with Gasteiger partial charge in [-0.05, 0) is 17.5 Å².